The first-order chi connectivity index (χ1) is 35.1. The summed E-state index contributed by atoms with van der Waals surface area (Å²) in [6, 6.07) is 23.0. The summed E-state index contributed by atoms with van der Waals surface area (Å²) in [5.41, 5.74) is 1.62. The summed E-state index contributed by atoms with van der Waals surface area (Å²) in [4.78, 5) is 84.9. The number of esters is 1. The fourth-order valence-electron chi connectivity index (χ4n) is 9.41. The summed E-state index contributed by atoms with van der Waals surface area (Å²) >= 11 is 0. The second kappa shape index (κ2) is 25.9. The van der Waals surface area contributed by atoms with Crippen LogP contribution in [0.4, 0.5) is 0 Å². The molecule has 2 amide bonds. The van der Waals surface area contributed by atoms with Crippen molar-refractivity contribution in [1.29, 1.82) is 0 Å². The van der Waals surface area contributed by atoms with Crippen LogP contribution in [0.3, 0.4) is 0 Å². The minimum absolute atomic E-state index is 0.00518. The van der Waals surface area contributed by atoms with Gasteiger partial charge in [-0.3, -0.25) is 33.4 Å². The minimum atomic E-state index is -0.941. The van der Waals surface area contributed by atoms with Gasteiger partial charge in [0.15, 0.2) is 28.8 Å². The van der Waals surface area contributed by atoms with E-state index in [2.05, 4.69) is 20.9 Å². The molecule has 0 spiro atoms. The number of aromatic nitrogens is 3. The van der Waals surface area contributed by atoms with Crippen molar-refractivity contribution in [3.05, 3.63) is 107 Å². The molecule has 16 heteroatoms. The van der Waals surface area contributed by atoms with Crippen molar-refractivity contribution in [3.8, 4) is 11.5 Å². The maximum Gasteiger partial charge on any atom is 0.316 e. The lowest BCUT2D eigenvalue weighted by Crippen LogP contribution is -2.57. The molecule has 3 heterocycles. The number of nitrogens with one attached hydrogen (secondary N) is 2. The summed E-state index contributed by atoms with van der Waals surface area (Å²) in [5, 5.41) is 14.2. The fraction of sp³-hybridized carbons (Fsp3) is 0.552. The maximum absolute atomic E-state index is 14.7. The van der Waals surface area contributed by atoms with Gasteiger partial charge in [0, 0.05) is 37.3 Å². The molecule has 0 radical (unpaired) electrons. The molecule has 0 saturated carbocycles. The zero-order valence-electron chi connectivity index (χ0n) is 45.0. The van der Waals surface area contributed by atoms with Crippen LogP contribution in [0.1, 0.15) is 110 Å². The number of morpholine rings is 1. The van der Waals surface area contributed by atoms with Crippen LogP contribution < -0.4 is 20.1 Å². The van der Waals surface area contributed by atoms with E-state index < -0.39 is 52.7 Å². The molecule has 0 bridgehead atoms. The van der Waals surface area contributed by atoms with Gasteiger partial charge in [0.25, 0.3) is 0 Å². The number of carbonyl (C=O) groups is 6. The maximum atomic E-state index is 14.7. The van der Waals surface area contributed by atoms with Crippen molar-refractivity contribution in [2.24, 2.45) is 36.1 Å². The Kier molecular flexibility index (Phi) is 20.0. The molecule has 2 fully saturated rings. The van der Waals surface area contributed by atoms with Crippen molar-refractivity contribution < 1.29 is 52.2 Å². The molecule has 2 saturated heterocycles. The molecule has 6 rings (SSSR count). The summed E-state index contributed by atoms with van der Waals surface area (Å²) in [7, 11) is 1.76. The number of ether oxygens (including phenoxy) is 4. The Balaban J connectivity index is 1.22. The number of carbonyl (C=O) groups excluding carboxylic acids is 6. The number of nitrogens with zero attached hydrogens (tertiary/aromatic N) is 4. The van der Waals surface area contributed by atoms with E-state index in [0.717, 1.165) is 16.7 Å². The molecule has 2 aliphatic rings. The van der Waals surface area contributed by atoms with Gasteiger partial charge in [-0.05, 0) is 101 Å². The van der Waals surface area contributed by atoms with Gasteiger partial charge in [-0.1, -0.05) is 93.6 Å². The van der Waals surface area contributed by atoms with Gasteiger partial charge in [-0.15, -0.1) is 5.10 Å². The SMILES string of the molecule is CC(C)C[C@H](NC(=O)[C@H](CCc1ccccc1)CC(=O)C[N+]1(Cc2ccc(OC(=O)C(C)(C)C)c(OCc3cn(C)nn3)c2)CCOCC1)C(=O)C[C@@H](Cc1ccccc1)C(=O)N[C@@H](CC(C)C)C(=O)[C@@]1(C)CO1. The Hall–Kier alpha value is -6.10. The molecule has 0 aliphatic carbocycles. The Morgan fingerprint density at radius 3 is 1.99 bits per heavy atom. The van der Waals surface area contributed by atoms with Crippen LogP contribution in [0.5, 0.6) is 11.5 Å². The third-order valence-corrected chi connectivity index (χ3v) is 13.8. The highest BCUT2D eigenvalue weighted by Crippen LogP contribution is 2.34. The highest BCUT2D eigenvalue weighted by Gasteiger charge is 2.50. The van der Waals surface area contributed by atoms with Gasteiger partial charge in [-0.25, -0.2) is 0 Å². The molecular weight excluding hydrogens is 941 g/mol. The zero-order chi connectivity index (χ0) is 53.6. The van der Waals surface area contributed by atoms with Crippen molar-refractivity contribution in [3.63, 3.8) is 0 Å². The molecule has 2 aliphatic heterocycles. The van der Waals surface area contributed by atoms with Gasteiger partial charge < -0.3 is 34.1 Å². The van der Waals surface area contributed by atoms with Crippen molar-refractivity contribution in [2.45, 2.75) is 131 Å². The summed E-state index contributed by atoms with van der Waals surface area (Å²) in [6.45, 7) is 17.9. The molecular formula is C58H79N6O10+. The number of amides is 2. The Labute approximate surface area is 437 Å². The van der Waals surface area contributed by atoms with Crippen molar-refractivity contribution in [2.75, 3.05) is 39.5 Å². The molecule has 74 heavy (non-hydrogen) atoms. The fourth-order valence-corrected chi connectivity index (χ4v) is 9.41. The zero-order valence-corrected chi connectivity index (χ0v) is 45.0. The van der Waals surface area contributed by atoms with Crippen LogP contribution in [-0.4, -0.2) is 112 Å². The molecule has 16 nitrogen and oxygen atoms in total. The van der Waals surface area contributed by atoms with Crippen LogP contribution in [0.15, 0.2) is 85.1 Å². The highest BCUT2D eigenvalue weighted by molar-refractivity contribution is 5.98. The molecule has 0 unspecified atom stereocenters. The molecule has 400 valence electrons. The quantitative estimate of drug-likeness (QED) is 0.0253. The van der Waals surface area contributed by atoms with Gasteiger partial charge in [0.1, 0.15) is 44.1 Å². The van der Waals surface area contributed by atoms with Gasteiger partial charge in [0.05, 0.1) is 43.5 Å². The number of hydrogen-bond donors (Lipinski definition) is 2. The van der Waals surface area contributed by atoms with Crippen LogP contribution >= 0.6 is 0 Å². The number of ketones is 3. The van der Waals surface area contributed by atoms with Crippen LogP contribution in [-0.2, 0) is 71.3 Å². The van der Waals surface area contributed by atoms with E-state index in [1.54, 1.807) is 51.7 Å². The predicted molar refractivity (Wildman–Crippen MR) is 280 cm³/mol. The van der Waals surface area contributed by atoms with E-state index >= 15 is 0 Å². The van der Waals surface area contributed by atoms with E-state index in [1.807, 2.05) is 100 Å². The minimum Gasteiger partial charge on any atom is -0.483 e. The largest absolute Gasteiger partial charge is 0.483 e. The molecule has 3 aromatic carbocycles. The monoisotopic (exact) mass is 1020 g/mol. The normalized spacial score (nSPS) is 17.9. The first-order valence-corrected chi connectivity index (χ1v) is 26.3. The van der Waals surface area contributed by atoms with Gasteiger partial charge >= 0.3 is 5.97 Å². The van der Waals surface area contributed by atoms with Crippen LogP contribution in [0, 0.1) is 29.1 Å². The first-order valence-electron chi connectivity index (χ1n) is 26.3. The van der Waals surface area contributed by atoms with Crippen molar-refractivity contribution in [1.82, 2.24) is 25.6 Å². The van der Waals surface area contributed by atoms with E-state index in [1.165, 1.54) is 0 Å². The summed E-state index contributed by atoms with van der Waals surface area (Å²) in [6.07, 6.45) is 3.41. The van der Waals surface area contributed by atoms with E-state index in [9.17, 15) is 28.8 Å². The predicted octanol–water partition coefficient (Wildman–Crippen LogP) is 7.14. The summed E-state index contributed by atoms with van der Waals surface area (Å²) < 4.78 is 25.3. The number of Topliss-reactive ketones (excluding diaryl/α,β-unsaturated/α-hetero) is 3. The lowest BCUT2D eigenvalue weighted by molar-refractivity contribution is -0.940. The summed E-state index contributed by atoms with van der Waals surface area (Å²) in [5.74, 6) is -2.66. The third-order valence-electron chi connectivity index (χ3n) is 13.8. The van der Waals surface area contributed by atoms with Gasteiger partial charge in [0.2, 0.25) is 11.8 Å². The second-order valence-electron chi connectivity index (χ2n) is 22.6. The third kappa shape index (κ3) is 17.2. The van der Waals surface area contributed by atoms with Gasteiger partial charge in [-0.2, -0.15) is 0 Å². The molecule has 4 aromatic rings. The lowest BCUT2D eigenvalue weighted by atomic mass is 9.87. The topological polar surface area (TPSA) is 197 Å². The Morgan fingerprint density at radius 1 is 0.784 bits per heavy atom. The van der Waals surface area contributed by atoms with E-state index in [4.69, 9.17) is 18.9 Å². The smallest absolute Gasteiger partial charge is 0.316 e. The van der Waals surface area contributed by atoms with Crippen LogP contribution in [0.2, 0.25) is 0 Å². The molecule has 2 N–H and O–H groups in total. The Bertz CT molecular complexity index is 2530. The molecule has 5 atom stereocenters. The number of rotatable bonds is 28. The number of hydrogen-bond acceptors (Lipinski definition) is 12. The van der Waals surface area contributed by atoms with Crippen molar-refractivity contribution >= 4 is 35.1 Å². The standard InChI is InChI=1S/C58H78N6O10/c1-39(2)28-48(50(66)33-45(30-42-18-14-11-15-19-42)55(69)60-49(29-40(3)4)53(67)58(8)38-73-58)59-54(68)44(22-20-41-16-12-10-13-17-41)32-47(65)36-64(24-26-71-27-25-64)35-43-21-23-51(74-56(70)57(5,6)7)52(31-43)72-37-46-34-63(9)62-61-46/h10-19,21,23,31,34,39-40,44-45,48-49H,20,22,24-30,32-33,35-38H2,1-9H3,(H-,59,60,68,69)/p+1/t44-,45-,48+,49+,58-/m1/s1. The number of benzene rings is 3. The highest BCUT2D eigenvalue weighted by atomic mass is 16.6. The van der Waals surface area contributed by atoms with Crippen LogP contribution in [0.25, 0.3) is 0 Å². The average Bonchev–Trinajstić information content (AvgIpc) is 3.97. The van der Waals surface area contributed by atoms with E-state index in [0.29, 0.717) is 81.1 Å². The van der Waals surface area contributed by atoms with E-state index in [-0.39, 0.29) is 67.3 Å². The Morgan fingerprint density at radius 2 is 1.39 bits per heavy atom. The number of quaternary nitrogens is 1. The number of epoxide rings is 1. The first kappa shape index (κ1) is 57.2. The second-order valence-corrected chi connectivity index (χ2v) is 22.6. The lowest BCUT2D eigenvalue weighted by Gasteiger charge is -2.41. The average molecular weight is 1020 g/mol. The number of aryl methyl sites for hydroxylation is 2. The molecule has 1 aromatic heterocycles.